The van der Waals surface area contributed by atoms with Crippen LogP contribution in [0.3, 0.4) is 0 Å². The summed E-state index contributed by atoms with van der Waals surface area (Å²) in [6, 6.07) is 8.17. The molecular weight excluding hydrogens is 274 g/mol. The molecule has 2 heterocycles. The van der Waals surface area contributed by atoms with Crippen molar-refractivity contribution in [1.82, 2.24) is 14.5 Å². The molecule has 0 saturated heterocycles. The molecule has 0 saturated carbocycles. The number of aryl methyl sites for hydroxylation is 2. The SMILES string of the molecule is CC1=Cc2ccccc2[N+](C)(C(=O)c2nc(C)c(C)[nH]2)C1C. The molecule has 1 aromatic carbocycles. The van der Waals surface area contributed by atoms with Gasteiger partial charge in [0, 0.05) is 17.3 Å². The molecule has 1 aliphatic heterocycles. The van der Waals surface area contributed by atoms with Gasteiger partial charge in [-0.3, -0.25) is 0 Å². The van der Waals surface area contributed by atoms with Crippen molar-refractivity contribution < 1.29 is 4.79 Å². The summed E-state index contributed by atoms with van der Waals surface area (Å²) in [5.74, 6) is 0.442. The third-order valence-electron chi connectivity index (χ3n) is 5.01. The van der Waals surface area contributed by atoms with E-state index in [9.17, 15) is 4.79 Å². The summed E-state index contributed by atoms with van der Waals surface area (Å²) >= 11 is 0. The molecule has 114 valence electrons. The zero-order chi connectivity index (χ0) is 16.1. The number of hydrogen-bond acceptors (Lipinski definition) is 2. The van der Waals surface area contributed by atoms with Crippen molar-refractivity contribution in [2.45, 2.75) is 33.7 Å². The average molecular weight is 296 g/mol. The largest absolute Gasteiger partial charge is 0.386 e. The number of imidazole rings is 1. The number of likely N-dealkylation sites (N-methyl/N-ethyl adjacent to an activating group) is 1. The van der Waals surface area contributed by atoms with Crippen molar-refractivity contribution >= 4 is 17.7 Å². The van der Waals surface area contributed by atoms with Gasteiger partial charge in [-0.1, -0.05) is 12.1 Å². The second-order valence-electron chi connectivity index (χ2n) is 6.30. The number of benzene rings is 1. The predicted octanol–water partition coefficient (Wildman–Crippen LogP) is 3.61. The van der Waals surface area contributed by atoms with E-state index in [2.05, 4.69) is 36.0 Å². The fourth-order valence-corrected chi connectivity index (χ4v) is 3.17. The molecule has 3 rings (SSSR count). The fourth-order valence-electron chi connectivity index (χ4n) is 3.17. The number of nitrogens with zero attached hydrogens (tertiary/aromatic N) is 2. The molecular formula is C18H22N3O+. The molecule has 22 heavy (non-hydrogen) atoms. The minimum absolute atomic E-state index is 0.00333. The van der Waals surface area contributed by atoms with Gasteiger partial charge in [-0.05, 0) is 45.4 Å². The van der Waals surface area contributed by atoms with Crippen LogP contribution in [0.1, 0.15) is 41.4 Å². The van der Waals surface area contributed by atoms with E-state index in [1.54, 1.807) is 0 Å². The number of H-pyrrole nitrogens is 1. The molecule has 0 fully saturated rings. The molecule has 1 aliphatic rings. The van der Waals surface area contributed by atoms with Gasteiger partial charge in [-0.2, -0.15) is 0 Å². The van der Waals surface area contributed by atoms with Gasteiger partial charge < -0.3 is 4.98 Å². The van der Waals surface area contributed by atoms with Gasteiger partial charge in [-0.15, -0.1) is 0 Å². The number of carbonyl (C=O) groups is 1. The molecule has 1 amide bonds. The maximum atomic E-state index is 13.3. The molecule has 2 aromatic rings. The van der Waals surface area contributed by atoms with Crippen LogP contribution in [0.5, 0.6) is 0 Å². The smallest absolute Gasteiger partial charge is 0.334 e. The second kappa shape index (κ2) is 4.92. The standard InChI is InChI=1S/C18H21N3O/c1-11-10-15-8-6-7-9-16(15)21(5,14(11)4)18(22)17-19-12(2)13(3)20-17/h6-10,14H,1-5H3/p+1. The first-order chi connectivity index (χ1) is 10.4. The van der Waals surface area contributed by atoms with Gasteiger partial charge in [-0.25, -0.2) is 14.3 Å². The first-order valence-corrected chi connectivity index (χ1v) is 7.57. The molecule has 2 atom stereocenters. The third kappa shape index (κ3) is 1.95. The van der Waals surface area contributed by atoms with Gasteiger partial charge in [0.1, 0.15) is 11.7 Å². The molecule has 1 aromatic heterocycles. The highest BCUT2D eigenvalue weighted by molar-refractivity contribution is 6.02. The number of aromatic nitrogens is 2. The van der Waals surface area contributed by atoms with Gasteiger partial charge in [0.15, 0.2) is 0 Å². The van der Waals surface area contributed by atoms with Crippen LogP contribution in [0.25, 0.3) is 6.08 Å². The van der Waals surface area contributed by atoms with Crippen LogP contribution in [0.4, 0.5) is 5.69 Å². The van der Waals surface area contributed by atoms with Crippen LogP contribution in [-0.2, 0) is 0 Å². The van der Waals surface area contributed by atoms with Gasteiger partial charge >= 0.3 is 5.91 Å². The summed E-state index contributed by atoms with van der Waals surface area (Å²) in [6.07, 6.45) is 2.17. The van der Waals surface area contributed by atoms with Crippen molar-refractivity contribution in [2.75, 3.05) is 7.05 Å². The maximum Gasteiger partial charge on any atom is 0.386 e. The van der Waals surface area contributed by atoms with E-state index >= 15 is 0 Å². The number of carbonyl (C=O) groups excluding carboxylic acids is 1. The fraction of sp³-hybridized carbons (Fsp3) is 0.333. The number of para-hydroxylation sites is 1. The molecule has 0 aliphatic carbocycles. The average Bonchev–Trinajstić information content (AvgIpc) is 2.83. The molecule has 4 nitrogen and oxygen atoms in total. The third-order valence-corrected chi connectivity index (χ3v) is 5.01. The van der Waals surface area contributed by atoms with Crippen molar-refractivity contribution in [1.29, 1.82) is 0 Å². The molecule has 1 N–H and O–H groups in total. The van der Waals surface area contributed by atoms with E-state index in [0.29, 0.717) is 5.82 Å². The van der Waals surface area contributed by atoms with E-state index in [4.69, 9.17) is 0 Å². The highest BCUT2D eigenvalue weighted by atomic mass is 16.2. The summed E-state index contributed by atoms with van der Waals surface area (Å²) in [7, 11) is 1.98. The highest BCUT2D eigenvalue weighted by Gasteiger charge is 2.46. The van der Waals surface area contributed by atoms with E-state index in [-0.39, 0.29) is 16.4 Å². The lowest BCUT2D eigenvalue weighted by atomic mass is 9.94. The summed E-state index contributed by atoms with van der Waals surface area (Å²) in [6.45, 7) is 8.05. The van der Waals surface area contributed by atoms with Crippen LogP contribution in [0.15, 0.2) is 29.8 Å². The Kier molecular flexibility index (Phi) is 3.29. The van der Waals surface area contributed by atoms with Crippen molar-refractivity contribution in [3.8, 4) is 0 Å². The monoisotopic (exact) mass is 296 g/mol. The van der Waals surface area contributed by atoms with Crippen molar-refractivity contribution in [3.63, 3.8) is 0 Å². The topological polar surface area (TPSA) is 45.8 Å². The predicted molar refractivity (Wildman–Crippen MR) is 89.7 cm³/mol. The molecule has 4 heteroatoms. The maximum absolute atomic E-state index is 13.3. The minimum Gasteiger partial charge on any atom is -0.334 e. The van der Waals surface area contributed by atoms with Gasteiger partial charge in [0.05, 0.1) is 12.7 Å². The van der Waals surface area contributed by atoms with Crippen LogP contribution >= 0.6 is 0 Å². The molecule has 0 bridgehead atoms. The zero-order valence-electron chi connectivity index (χ0n) is 13.8. The van der Waals surface area contributed by atoms with E-state index in [1.807, 2.05) is 39.1 Å². The Morgan fingerprint density at radius 3 is 2.55 bits per heavy atom. The van der Waals surface area contributed by atoms with Crippen LogP contribution in [0, 0.1) is 13.8 Å². The number of hydrogen-bond donors (Lipinski definition) is 1. The summed E-state index contributed by atoms with van der Waals surface area (Å²) in [5.41, 5.74) is 5.15. The molecule has 0 spiro atoms. The van der Waals surface area contributed by atoms with Crippen LogP contribution < -0.4 is 4.48 Å². The molecule has 2 unspecified atom stereocenters. The Hall–Kier alpha value is -2.20. The Balaban J connectivity index is 2.18. The highest BCUT2D eigenvalue weighted by Crippen LogP contribution is 2.38. The summed E-state index contributed by atoms with van der Waals surface area (Å²) < 4.78 is 0.213. The normalized spacial score (nSPS) is 23.9. The first-order valence-electron chi connectivity index (χ1n) is 7.57. The zero-order valence-corrected chi connectivity index (χ0v) is 13.8. The summed E-state index contributed by atoms with van der Waals surface area (Å²) in [4.78, 5) is 20.8. The number of fused-ring (bicyclic) bond motifs is 1. The van der Waals surface area contributed by atoms with Gasteiger partial charge in [0.2, 0.25) is 5.82 Å². The lowest BCUT2D eigenvalue weighted by Gasteiger charge is -2.40. The lowest BCUT2D eigenvalue weighted by Crippen LogP contribution is -2.58. The Bertz CT molecular complexity index is 768. The Morgan fingerprint density at radius 2 is 1.91 bits per heavy atom. The van der Waals surface area contributed by atoms with Crippen LogP contribution in [-0.4, -0.2) is 29.0 Å². The number of quaternary nitrogens is 1. The number of nitrogens with one attached hydrogen (secondary N) is 1. The second-order valence-corrected chi connectivity index (χ2v) is 6.30. The van der Waals surface area contributed by atoms with E-state index in [0.717, 1.165) is 22.6 Å². The quantitative estimate of drug-likeness (QED) is 0.817. The number of aromatic amines is 1. The van der Waals surface area contributed by atoms with E-state index < -0.39 is 0 Å². The summed E-state index contributed by atoms with van der Waals surface area (Å²) in [5, 5.41) is 0. The van der Waals surface area contributed by atoms with Crippen molar-refractivity contribution in [2.24, 2.45) is 0 Å². The lowest BCUT2D eigenvalue weighted by molar-refractivity contribution is 0.0756. The minimum atomic E-state index is 0.00333. The Labute approximate surface area is 131 Å². The van der Waals surface area contributed by atoms with Gasteiger partial charge in [0.25, 0.3) is 0 Å². The van der Waals surface area contributed by atoms with Crippen LogP contribution in [0.2, 0.25) is 0 Å². The number of amides is 1. The van der Waals surface area contributed by atoms with Crippen molar-refractivity contribution in [3.05, 3.63) is 52.6 Å². The molecule has 0 radical (unpaired) electrons. The first kappa shape index (κ1) is 14.7. The number of rotatable bonds is 1. The van der Waals surface area contributed by atoms with E-state index in [1.165, 1.54) is 5.57 Å². The Morgan fingerprint density at radius 1 is 1.23 bits per heavy atom.